The molecule has 1 N–H and O–H groups in total. The van der Waals surface area contributed by atoms with Gasteiger partial charge in [0.05, 0.1) is 0 Å². The molecule has 1 rings (SSSR count). The van der Waals surface area contributed by atoms with Crippen LogP contribution >= 0.6 is 0 Å². The van der Waals surface area contributed by atoms with Gasteiger partial charge in [0.25, 0.3) is 0 Å². The zero-order valence-electron chi connectivity index (χ0n) is 10.2. The Bertz CT molecular complexity index is 210. The second kappa shape index (κ2) is 6.59. The predicted molar refractivity (Wildman–Crippen MR) is 58.4 cm³/mol. The summed E-state index contributed by atoms with van der Waals surface area (Å²) in [4.78, 5) is 0. The van der Waals surface area contributed by atoms with Gasteiger partial charge in [-0.15, -0.1) is 0 Å². The molecule has 1 aliphatic rings. The van der Waals surface area contributed by atoms with Crippen molar-refractivity contribution in [3.8, 4) is 0 Å². The molecule has 0 spiro atoms. The Morgan fingerprint density at radius 1 is 1.24 bits per heavy atom. The molecule has 1 unspecified atom stereocenters. The first kappa shape index (κ1) is 14.8. The molecule has 0 aromatic rings. The molecule has 0 amide bonds. The predicted octanol–water partition coefficient (Wildman–Crippen LogP) is 3.49. The summed E-state index contributed by atoms with van der Waals surface area (Å²) < 4.78 is 40.8. The molecule has 0 radical (unpaired) electrons. The van der Waals surface area contributed by atoms with Crippen LogP contribution in [-0.2, 0) is 4.74 Å². The number of methoxy groups -OCH3 is 1. The third-order valence-electron chi connectivity index (χ3n) is 3.61. The molecule has 0 aliphatic heterocycles. The Hall–Kier alpha value is -0.290. The lowest BCUT2D eigenvalue weighted by Gasteiger charge is -2.30. The molecule has 2 nitrogen and oxygen atoms in total. The molecule has 0 heterocycles. The summed E-state index contributed by atoms with van der Waals surface area (Å²) in [6.07, 6.45) is -1.02. The molecule has 1 aliphatic carbocycles. The van der Waals surface area contributed by atoms with Crippen molar-refractivity contribution in [2.75, 3.05) is 7.11 Å². The Kier molecular flexibility index (Phi) is 5.73. The Labute approximate surface area is 100 Å². The topological polar surface area (TPSA) is 29.5 Å². The second-order valence-corrected chi connectivity index (χ2v) is 4.91. The van der Waals surface area contributed by atoms with Gasteiger partial charge in [0.2, 0.25) is 0 Å². The number of halogens is 3. The van der Waals surface area contributed by atoms with Crippen LogP contribution in [0, 0.1) is 11.8 Å². The number of hydrogen-bond acceptors (Lipinski definition) is 2. The molecule has 1 saturated carbocycles. The average Bonchev–Trinajstić information content (AvgIpc) is 2.27. The lowest BCUT2D eigenvalue weighted by molar-refractivity contribution is -0.136. The Morgan fingerprint density at radius 3 is 2.29 bits per heavy atom. The molecule has 0 aromatic carbocycles. The highest BCUT2D eigenvalue weighted by molar-refractivity contribution is 4.74. The summed E-state index contributed by atoms with van der Waals surface area (Å²) in [6, 6.07) is 0. The fourth-order valence-corrected chi connectivity index (χ4v) is 2.55. The van der Waals surface area contributed by atoms with E-state index < -0.39 is 18.9 Å². The van der Waals surface area contributed by atoms with Gasteiger partial charge in [-0.2, -0.15) is 13.2 Å². The average molecular weight is 254 g/mol. The van der Waals surface area contributed by atoms with Crippen LogP contribution in [0.2, 0.25) is 0 Å². The van der Waals surface area contributed by atoms with Crippen molar-refractivity contribution in [1.82, 2.24) is 0 Å². The van der Waals surface area contributed by atoms with Gasteiger partial charge >= 0.3 is 6.18 Å². The number of alkyl halides is 3. The molecule has 0 aromatic heterocycles. The number of aliphatic hydroxyl groups excluding tert-OH is 1. The van der Waals surface area contributed by atoms with E-state index in [1.54, 1.807) is 0 Å². The van der Waals surface area contributed by atoms with E-state index in [1.807, 2.05) is 0 Å². The van der Waals surface area contributed by atoms with Gasteiger partial charge in [-0.05, 0) is 38.0 Å². The normalized spacial score (nSPS) is 28.1. The lowest BCUT2D eigenvalue weighted by Crippen LogP contribution is -2.27. The van der Waals surface area contributed by atoms with Crippen LogP contribution in [0.25, 0.3) is 0 Å². The fraction of sp³-hybridized carbons (Fsp3) is 1.00. The van der Waals surface area contributed by atoms with E-state index in [9.17, 15) is 18.3 Å². The highest BCUT2D eigenvalue weighted by Crippen LogP contribution is 2.34. The maximum absolute atomic E-state index is 12.0. The number of ether oxygens (including phenoxy) is 1. The van der Waals surface area contributed by atoms with Crippen LogP contribution < -0.4 is 0 Å². The minimum Gasteiger partial charge on any atom is -0.368 e. The summed E-state index contributed by atoms with van der Waals surface area (Å²) in [5, 5.41) is 9.48. The van der Waals surface area contributed by atoms with Crippen LogP contribution in [0.1, 0.15) is 44.9 Å². The Balaban J connectivity index is 2.15. The molecular formula is C12H21F3O2. The maximum Gasteiger partial charge on any atom is 0.389 e. The zero-order chi connectivity index (χ0) is 12.9. The summed E-state index contributed by atoms with van der Waals surface area (Å²) in [7, 11) is 1.47. The minimum absolute atomic E-state index is 0.152. The largest absolute Gasteiger partial charge is 0.389 e. The first-order valence-corrected chi connectivity index (χ1v) is 6.20. The highest BCUT2D eigenvalue weighted by Gasteiger charge is 2.29. The van der Waals surface area contributed by atoms with E-state index in [2.05, 4.69) is 0 Å². The van der Waals surface area contributed by atoms with Gasteiger partial charge in [-0.25, -0.2) is 0 Å². The Morgan fingerprint density at radius 2 is 1.82 bits per heavy atom. The molecule has 17 heavy (non-hydrogen) atoms. The van der Waals surface area contributed by atoms with Crippen molar-refractivity contribution >= 4 is 0 Å². The van der Waals surface area contributed by atoms with Crippen molar-refractivity contribution in [1.29, 1.82) is 0 Å². The third-order valence-corrected chi connectivity index (χ3v) is 3.61. The summed E-state index contributed by atoms with van der Waals surface area (Å²) in [6.45, 7) is 0. The van der Waals surface area contributed by atoms with Crippen LogP contribution in [0.4, 0.5) is 13.2 Å². The lowest BCUT2D eigenvalue weighted by atomic mass is 9.79. The molecular weight excluding hydrogens is 233 g/mol. The zero-order valence-corrected chi connectivity index (χ0v) is 10.2. The van der Waals surface area contributed by atoms with E-state index in [4.69, 9.17) is 4.74 Å². The number of rotatable bonds is 5. The summed E-state index contributed by atoms with van der Waals surface area (Å²) in [5.41, 5.74) is 0. The van der Waals surface area contributed by atoms with Crippen molar-refractivity contribution in [2.45, 2.75) is 57.4 Å². The highest BCUT2D eigenvalue weighted by atomic mass is 19.4. The van der Waals surface area contributed by atoms with E-state index in [1.165, 1.54) is 7.11 Å². The molecule has 0 bridgehead atoms. The van der Waals surface area contributed by atoms with Crippen molar-refractivity contribution < 1.29 is 23.0 Å². The minimum atomic E-state index is -4.02. The number of aliphatic hydroxyl groups is 1. The van der Waals surface area contributed by atoms with Crippen molar-refractivity contribution in [2.24, 2.45) is 11.8 Å². The fourth-order valence-electron chi connectivity index (χ4n) is 2.55. The van der Waals surface area contributed by atoms with Crippen LogP contribution in [-0.4, -0.2) is 24.7 Å². The van der Waals surface area contributed by atoms with Gasteiger partial charge in [0.1, 0.15) is 0 Å². The van der Waals surface area contributed by atoms with E-state index in [0.717, 1.165) is 25.7 Å². The van der Waals surface area contributed by atoms with Crippen LogP contribution in [0.5, 0.6) is 0 Å². The van der Waals surface area contributed by atoms with Gasteiger partial charge in [-0.3, -0.25) is 0 Å². The van der Waals surface area contributed by atoms with Gasteiger partial charge < -0.3 is 9.84 Å². The van der Waals surface area contributed by atoms with Gasteiger partial charge in [0, 0.05) is 19.4 Å². The van der Waals surface area contributed by atoms with E-state index in [0.29, 0.717) is 12.3 Å². The summed E-state index contributed by atoms with van der Waals surface area (Å²) in [5.74, 6) is 0.538. The molecule has 0 saturated heterocycles. The van der Waals surface area contributed by atoms with Crippen molar-refractivity contribution in [3.63, 3.8) is 0 Å². The van der Waals surface area contributed by atoms with Crippen LogP contribution in [0.3, 0.4) is 0 Å². The molecule has 1 atom stereocenters. The quantitative estimate of drug-likeness (QED) is 0.761. The smallest absolute Gasteiger partial charge is 0.368 e. The maximum atomic E-state index is 12.0. The number of hydrogen-bond donors (Lipinski definition) is 1. The van der Waals surface area contributed by atoms with Crippen LogP contribution in [0.15, 0.2) is 0 Å². The molecule has 1 fully saturated rings. The molecule has 102 valence electrons. The summed E-state index contributed by atoms with van der Waals surface area (Å²) >= 11 is 0. The SMILES string of the molecule is COC(O)C1CCC(CCCC(F)(F)F)CC1. The van der Waals surface area contributed by atoms with E-state index >= 15 is 0 Å². The third kappa shape index (κ3) is 5.73. The molecule has 5 heteroatoms. The van der Waals surface area contributed by atoms with Gasteiger partial charge in [-0.1, -0.05) is 6.42 Å². The first-order chi connectivity index (χ1) is 7.92. The monoisotopic (exact) mass is 254 g/mol. The van der Waals surface area contributed by atoms with Crippen molar-refractivity contribution in [3.05, 3.63) is 0 Å². The van der Waals surface area contributed by atoms with Gasteiger partial charge in [0.15, 0.2) is 6.29 Å². The first-order valence-electron chi connectivity index (χ1n) is 6.20. The van der Waals surface area contributed by atoms with E-state index in [-0.39, 0.29) is 12.3 Å². The second-order valence-electron chi connectivity index (χ2n) is 4.91. The standard InChI is InChI=1S/C12H21F3O2/c1-17-11(16)10-6-4-9(5-7-10)3-2-8-12(13,14)15/h9-11,16H,2-8H2,1H3.